The van der Waals surface area contributed by atoms with Gasteiger partial charge < -0.3 is 9.64 Å². The Balaban J connectivity index is 2.76. The van der Waals surface area contributed by atoms with Crippen molar-refractivity contribution in [3.8, 4) is 12.1 Å². The molecule has 164 valence electrons. The summed E-state index contributed by atoms with van der Waals surface area (Å²) >= 11 is 0. The van der Waals surface area contributed by atoms with Crippen LogP contribution in [0.4, 0.5) is 5.69 Å². The number of carbonyl (C=O) groups excluding carboxylic acids is 1. The number of aryl methyl sites for hydroxylation is 1. The van der Waals surface area contributed by atoms with Crippen LogP contribution < -0.4 is 4.90 Å². The summed E-state index contributed by atoms with van der Waals surface area (Å²) in [5, 5.41) is 17.7. The van der Waals surface area contributed by atoms with Crippen molar-refractivity contribution in [2.45, 2.75) is 65.2 Å². The van der Waals surface area contributed by atoms with Gasteiger partial charge in [0.05, 0.1) is 38.2 Å². The first-order chi connectivity index (χ1) is 15.1. The fraction of sp³-hybridized carbons (Fsp3) is 0.520. The molecular formula is C25H32N4O2. The molecule has 0 radical (unpaired) electrons. The van der Waals surface area contributed by atoms with E-state index in [-0.39, 0.29) is 5.70 Å². The monoisotopic (exact) mass is 420 g/mol. The molecule has 6 nitrogen and oxygen atoms in total. The van der Waals surface area contributed by atoms with E-state index in [4.69, 9.17) is 21.8 Å². The number of hydrogen-bond donors (Lipinski definition) is 0. The summed E-state index contributed by atoms with van der Waals surface area (Å²) in [7, 11) is 0. The van der Waals surface area contributed by atoms with E-state index in [0.717, 1.165) is 36.1 Å². The van der Waals surface area contributed by atoms with Gasteiger partial charge in [0.25, 0.3) is 5.70 Å². The molecule has 1 rings (SSSR count). The second-order valence-corrected chi connectivity index (χ2v) is 7.39. The summed E-state index contributed by atoms with van der Waals surface area (Å²) in [5.74, 6) is -0.586. The molecule has 0 bridgehead atoms. The van der Waals surface area contributed by atoms with E-state index in [2.05, 4.69) is 23.9 Å². The van der Waals surface area contributed by atoms with Crippen LogP contribution in [-0.2, 0) is 9.53 Å². The van der Waals surface area contributed by atoms with Crippen LogP contribution in [0.2, 0.25) is 0 Å². The van der Waals surface area contributed by atoms with Gasteiger partial charge >= 0.3 is 5.97 Å². The Morgan fingerprint density at radius 2 is 1.77 bits per heavy atom. The highest BCUT2D eigenvalue weighted by molar-refractivity contribution is 5.95. The van der Waals surface area contributed by atoms with Crippen molar-refractivity contribution in [3.05, 3.63) is 46.4 Å². The summed E-state index contributed by atoms with van der Waals surface area (Å²) < 4.78 is 5.27. The van der Waals surface area contributed by atoms with Crippen LogP contribution in [0.15, 0.2) is 23.9 Å². The molecule has 0 spiro atoms. The quantitative estimate of drug-likeness (QED) is 0.165. The molecule has 1 aromatic carbocycles. The number of benzene rings is 1. The molecule has 6 heteroatoms. The molecule has 0 amide bonds. The average Bonchev–Trinajstić information content (AvgIpc) is 2.77. The van der Waals surface area contributed by atoms with E-state index in [1.807, 2.05) is 30.0 Å². The standard InChI is InChI=1S/C25H32N4O2/c1-4-5-6-7-8-9-18-31-25(30)24(28-3)20-22-12-13-23(19-21(22)2)29(16-10-14-26)17-11-15-27/h12-13,19-20H,4-11,16-18H2,1-2H3. The zero-order valence-electron chi connectivity index (χ0n) is 18.7. The Labute approximate surface area is 186 Å². The van der Waals surface area contributed by atoms with Crippen LogP contribution in [0.1, 0.15) is 69.4 Å². The average molecular weight is 421 g/mol. The Kier molecular flexibility index (Phi) is 12.9. The van der Waals surface area contributed by atoms with Crippen LogP contribution in [-0.4, -0.2) is 25.7 Å². The number of carbonyl (C=O) groups is 1. The summed E-state index contributed by atoms with van der Waals surface area (Å²) in [6, 6.07) is 9.95. The van der Waals surface area contributed by atoms with Crippen LogP contribution in [0.3, 0.4) is 0 Å². The predicted octanol–water partition coefficient (Wildman–Crippen LogP) is 5.79. The van der Waals surface area contributed by atoms with Crippen LogP contribution in [0.25, 0.3) is 10.9 Å². The van der Waals surface area contributed by atoms with E-state index < -0.39 is 5.97 Å². The van der Waals surface area contributed by atoms with E-state index in [1.165, 1.54) is 19.3 Å². The second-order valence-electron chi connectivity index (χ2n) is 7.39. The van der Waals surface area contributed by atoms with E-state index in [0.29, 0.717) is 32.5 Å². The maximum Gasteiger partial charge on any atom is 0.336 e. The van der Waals surface area contributed by atoms with Crippen LogP contribution in [0, 0.1) is 36.2 Å². The summed E-state index contributed by atoms with van der Waals surface area (Å²) in [6.07, 6.45) is 8.93. The first kappa shape index (κ1) is 25.7. The maximum absolute atomic E-state index is 12.3. The molecule has 0 aromatic heterocycles. The minimum Gasteiger partial charge on any atom is -0.471 e. The first-order valence-corrected chi connectivity index (χ1v) is 10.9. The molecule has 0 aliphatic carbocycles. The normalized spacial score (nSPS) is 10.6. The van der Waals surface area contributed by atoms with Crippen molar-refractivity contribution < 1.29 is 9.53 Å². The van der Waals surface area contributed by atoms with Gasteiger partial charge in [0.2, 0.25) is 0 Å². The fourth-order valence-electron chi connectivity index (χ4n) is 3.16. The molecule has 0 fully saturated rings. The van der Waals surface area contributed by atoms with Gasteiger partial charge in [-0.25, -0.2) is 4.85 Å². The molecule has 0 N–H and O–H groups in total. The minimum atomic E-state index is -0.586. The Hall–Kier alpha value is -3.30. The zero-order chi connectivity index (χ0) is 22.9. The first-order valence-electron chi connectivity index (χ1n) is 10.9. The van der Waals surface area contributed by atoms with Gasteiger partial charge in [-0.1, -0.05) is 45.1 Å². The summed E-state index contributed by atoms with van der Waals surface area (Å²) in [6.45, 7) is 12.9. The largest absolute Gasteiger partial charge is 0.471 e. The van der Waals surface area contributed by atoms with Gasteiger partial charge in [0, 0.05) is 18.8 Å². The molecule has 0 aliphatic rings. The molecule has 0 heterocycles. The number of rotatable bonds is 14. The number of unbranched alkanes of at least 4 members (excludes halogenated alkanes) is 5. The highest BCUT2D eigenvalue weighted by atomic mass is 16.5. The van der Waals surface area contributed by atoms with Gasteiger partial charge in [-0.15, -0.1) is 0 Å². The maximum atomic E-state index is 12.3. The van der Waals surface area contributed by atoms with Crippen molar-refractivity contribution in [1.82, 2.24) is 0 Å². The van der Waals surface area contributed by atoms with Crippen molar-refractivity contribution in [2.75, 3.05) is 24.6 Å². The Morgan fingerprint density at radius 1 is 1.13 bits per heavy atom. The lowest BCUT2D eigenvalue weighted by molar-refractivity contribution is -0.138. The van der Waals surface area contributed by atoms with Gasteiger partial charge in [0.15, 0.2) is 0 Å². The molecule has 0 saturated heterocycles. The molecule has 0 saturated carbocycles. The SMILES string of the molecule is [C-]#[N+]C(=Cc1ccc(N(CCC#N)CCC#N)cc1C)C(=O)OCCCCCCCC. The van der Waals surface area contributed by atoms with E-state index in [1.54, 1.807) is 6.08 Å². The number of anilines is 1. The number of esters is 1. The minimum absolute atomic E-state index is 0.0346. The van der Waals surface area contributed by atoms with E-state index >= 15 is 0 Å². The highest BCUT2D eigenvalue weighted by Crippen LogP contribution is 2.22. The Bertz CT molecular complexity index is 838. The lowest BCUT2D eigenvalue weighted by Crippen LogP contribution is -2.25. The van der Waals surface area contributed by atoms with Crippen LogP contribution in [0.5, 0.6) is 0 Å². The van der Waals surface area contributed by atoms with Gasteiger partial charge in [-0.05, 0) is 42.7 Å². The summed E-state index contributed by atoms with van der Waals surface area (Å²) in [5.41, 5.74) is 2.55. The molecule has 0 atom stereocenters. The smallest absolute Gasteiger partial charge is 0.336 e. The number of nitrogens with zero attached hydrogens (tertiary/aromatic N) is 4. The molecular weight excluding hydrogens is 388 g/mol. The van der Waals surface area contributed by atoms with Crippen molar-refractivity contribution in [3.63, 3.8) is 0 Å². The van der Waals surface area contributed by atoms with Crippen molar-refractivity contribution in [2.24, 2.45) is 0 Å². The topological polar surface area (TPSA) is 81.5 Å². The van der Waals surface area contributed by atoms with Gasteiger partial charge in [-0.3, -0.25) is 4.79 Å². The second kappa shape index (κ2) is 15.5. The van der Waals surface area contributed by atoms with Gasteiger partial charge in [-0.2, -0.15) is 10.5 Å². The van der Waals surface area contributed by atoms with Crippen LogP contribution >= 0.6 is 0 Å². The van der Waals surface area contributed by atoms with Crippen molar-refractivity contribution >= 4 is 17.7 Å². The molecule has 0 aliphatic heterocycles. The fourth-order valence-corrected chi connectivity index (χ4v) is 3.16. The molecule has 1 aromatic rings. The Morgan fingerprint density at radius 3 is 2.35 bits per heavy atom. The lowest BCUT2D eigenvalue weighted by atomic mass is 10.1. The number of nitriles is 2. The zero-order valence-corrected chi connectivity index (χ0v) is 18.7. The number of hydrogen-bond acceptors (Lipinski definition) is 5. The predicted molar refractivity (Wildman–Crippen MR) is 123 cm³/mol. The third kappa shape index (κ3) is 9.83. The van der Waals surface area contributed by atoms with Crippen molar-refractivity contribution in [1.29, 1.82) is 10.5 Å². The lowest BCUT2D eigenvalue weighted by Gasteiger charge is -2.23. The molecule has 31 heavy (non-hydrogen) atoms. The number of ether oxygens (including phenoxy) is 1. The van der Waals surface area contributed by atoms with E-state index in [9.17, 15) is 4.79 Å². The third-order valence-corrected chi connectivity index (χ3v) is 4.96. The molecule has 0 unspecified atom stereocenters. The summed E-state index contributed by atoms with van der Waals surface area (Å²) in [4.78, 5) is 17.6. The van der Waals surface area contributed by atoms with Gasteiger partial charge in [0.1, 0.15) is 0 Å². The highest BCUT2D eigenvalue weighted by Gasteiger charge is 2.13. The third-order valence-electron chi connectivity index (χ3n) is 4.96.